The Bertz CT molecular complexity index is 424. The van der Waals surface area contributed by atoms with Crippen LogP contribution in [0.4, 0.5) is 0 Å². The predicted octanol–water partition coefficient (Wildman–Crippen LogP) is 2.17. The Balaban J connectivity index is 2.42. The number of nitrogens with one attached hydrogen (secondary N) is 1. The summed E-state index contributed by atoms with van der Waals surface area (Å²) in [4.78, 5) is 11.8. The third kappa shape index (κ3) is 5.78. The average Bonchev–Trinajstić information content (AvgIpc) is 2.38. The molecule has 0 saturated heterocycles. The van der Waals surface area contributed by atoms with Gasteiger partial charge in [0.05, 0.1) is 9.61 Å². The molecule has 1 aromatic rings. The van der Waals surface area contributed by atoms with Crippen LogP contribution in [-0.4, -0.2) is 23.6 Å². The van der Waals surface area contributed by atoms with E-state index in [-0.39, 0.29) is 11.7 Å². The van der Waals surface area contributed by atoms with Gasteiger partial charge in [0.1, 0.15) is 5.75 Å². The summed E-state index contributed by atoms with van der Waals surface area (Å²) in [5.74, 6) is 0.140. The van der Waals surface area contributed by atoms with Crippen LogP contribution in [0.1, 0.15) is 31.7 Å². The molecule has 0 aliphatic carbocycles. The van der Waals surface area contributed by atoms with E-state index in [9.17, 15) is 9.90 Å². The summed E-state index contributed by atoms with van der Waals surface area (Å²) in [6.45, 7) is 2.81. The van der Waals surface area contributed by atoms with Crippen molar-refractivity contribution in [2.45, 2.75) is 38.6 Å². The van der Waals surface area contributed by atoms with Crippen molar-refractivity contribution in [1.29, 1.82) is 0 Å². The minimum Gasteiger partial charge on any atom is -0.507 e. The van der Waals surface area contributed by atoms with Crippen LogP contribution in [0, 0.1) is 3.57 Å². The quantitative estimate of drug-likeness (QED) is 0.504. The number of aromatic hydroxyl groups is 1. The van der Waals surface area contributed by atoms with Gasteiger partial charge in [-0.25, -0.2) is 0 Å². The third-order valence-electron chi connectivity index (χ3n) is 2.88. The summed E-state index contributed by atoms with van der Waals surface area (Å²) in [6, 6.07) is 4.73. The maximum Gasteiger partial charge on any atom is 0.237 e. The summed E-state index contributed by atoms with van der Waals surface area (Å²) in [7, 11) is 0. The number of nitrogens with two attached hydrogens (primary N) is 1. The lowest BCUT2D eigenvalue weighted by molar-refractivity contribution is -0.122. The minimum atomic E-state index is -0.540. The number of phenols is 1. The molecular formula is C14H21IN2O2. The summed E-state index contributed by atoms with van der Waals surface area (Å²) in [5, 5.41) is 12.3. The van der Waals surface area contributed by atoms with E-state index in [0.717, 1.165) is 28.4 Å². The van der Waals surface area contributed by atoms with Crippen molar-refractivity contribution in [2.24, 2.45) is 5.73 Å². The third-order valence-corrected chi connectivity index (χ3v) is 3.75. The Hall–Kier alpha value is -0.820. The zero-order chi connectivity index (χ0) is 14.3. The lowest BCUT2D eigenvalue weighted by Crippen LogP contribution is -2.42. The van der Waals surface area contributed by atoms with Crippen LogP contribution in [0.3, 0.4) is 0 Å². The van der Waals surface area contributed by atoms with Crippen molar-refractivity contribution >= 4 is 28.5 Å². The number of rotatable bonds is 7. The first-order valence-electron chi connectivity index (χ1n) is 6.55. The Morgan fingerprint density at radius 3 is 2.84 bits per heavy atom. The van der Waals surface area contributed by atoms with E-state index in [1.165, 1.54) is 0 Å². The van der Waals surface area contributed by atoms with Gasteiger partial charge in [-0.3, -0.25) is 4.79 Å². The van der Waals surface area contributed by atoms with Crippen LogP contribution >= 0.6 is 22.6 Å². The number of unbranched alkanes of at least 4 members (excludes halogenated alkanes) is 2. The second kappa shape index (κ2) is 8.37. The number of hydrogen-bond acceptors (Lipinski definition) is 3. The number of benzene rings is 1. The van der Waals surface area contributed by atoms with Gasteiger partial charge in [-0.05, 0) is 53.1 Å². The average molecular weight is 376 g/mol. The molecule has 0 aliphatic rings. The van der Waals surface area contributed by atoms with Gasteiger partial charge in [0.15, 0.2) is 0 Å². The first-order chi connectivity index (χ1) is 9.04. The van der Waals surface area contributed by atoms with Gasteiger partial charge in [-0.1, -0.05) is 25.8 Å². The largest absolute Gasteiger partial charge is 0.507 e. The fourth-order valence-electron chi connectivity index (χ4n) is 1.74. The van der Waals surface area contributed by atoms with E-state index in [1.807, 2.05) is 6.07 Å². The Labute approximate surface area is 127 Å². The van der Waals surface area contributed by atoms with Gasteiger partial charge in [-0.2, -0.15) is 0 Å². The molecule has 1 aromatic carbocycles. The first-order valence-corrected chi connectivity index (χ1v) is 7.63. The molecule has 0 bridgehead atoms. The zero-order valence-corrected chi connectivity index (χ0v) is 13.3. The molecule has 0 aliphatic heterocycles. The van der Waals surface area contributed by atoms with Crippen LogP contribution in [0.5, 0.6) is 5.75 Å². The lowest BCUT2D eigenvalue weighted by Gasteiger charge is -2.12. The highest BCUT2D eigenvalue weighted by Crippen LogP contribution is 2.20. The topological polar surface area (TPSA) is 75.4 Å². The summed E-state index contributed by atoms with van der Waals surface area (Å²) >= 11 is 2.05. The molecule has 4 N–H and O–H groups in total. The van der Waals surface area contributed by atoms with Crippen molar-refractivity contribution in [2.75, 3.05) is 6.54 Å². The number of halogens is 1. The predicted molar refractivity (Wildman–Crippen MR) is 85.0 cm³/mol. The molecule has 0 aromatic heterocycles. The van der Waals surface area contributed by atoms with Crippen LogP contribution in [0.2, 0.25) is 0 Å². The van der Waals surface area contributed by atoms with E-state index < -0.39 is 6.04 Å². The van der Waals surface area contributed by atoms with Crippen molar-refractivity contribution in [3.63, 3.8) is 0 Å². The zero-order valence-electron chi connectivity index (χ0n) is 11.2. The highest BCUT2D eigenvalue weighted by Gasteiger charge is 2.14. The van der Waals surface area contributed by atoms with Gasteiger partial charge in [0.25, 0.3) is 0 Å². The van der Waals surface area contributed by atoms with Crippen molar-refractivity contribution in [1.82, 2.24) is 5.32 Å². The van der Waals surface area contributed by atoms with Gasteiger partial charge in [-0.15, -0.1) is 0 Å². The number of hydrogen-bond donors (Lipinski definition) is 3. The number of phenolic OH excluding ortho intramolecular Hbond substituents is 1. The Kier molecular flexibility index (Phi) is 7.15. The molecule has 1 rings (SSSR count). The Morgan fingerprint density at radius 1 is 1.47 bits per heavy atom. The molecule has 0 unspecified atom stereocenters. The van der Waals surface area contributed by atoms with Gasteiger partial charge >= 0.3 is 0 Å². The first kappa shape index (κ1) is 16.2. The van der Waals surface area contributed by atoms with Crippen molar-refractivity contribution in [3.8, 4) is 5.75 Å². The second-order valence-corrected chi connectivity index (χ2v) is 5.76. The molecule has 0 saturated carbocycles. The number of amides is 1. The molecule has 0 radical (unpaired) electrons. The number of carbonyl (C=O) groups is 1. The van der Waals surface area contributed by atoms with E-state index in [0.29, 0.717) is 13.0 Å². The maximum absolute atomic E-state index is 11.8. The molecule has 0 spiro atoms. The normalized spacial score (nSPS) is 12.2. The second-order valence-electron chi connectivity index (χ2n) is 4.59. The van der Waals surface area contributed by atoms with Crippen LogP contribution in [0.15, 0.2) is 18.2 Å². The number of carbonyl (C=O) groups excluding carboxylic acids is 1. The lowest BCUT2D eigenvalue weighted by atomic mass is 10.1. The SMILES string of the molecule is CCCCCNC(=O)[C@@H](N)Cc1ccc(O)c(I)c1. The molecular weight excluding hydrogens is 355 g/mol. The standard InChI is InChI=1S/C14H21IN2O2/c1-2-3-4-7-17-14(19)12(16)9-10-5-6-13(18)11(15)8-10/h5-6,8,12,18H,2-4,7,9,16H2,1H3,(H,17,19)/t12-/m0/s1. The van der Waals surface area contributed by atoms with Crippen LogP contribution < -0.4 is 11.1 Å². The monoisotopic (exact) mass is 376 g/mol. The van der Waals surface area contributed by atoms with Gasteiger partial charge in [0.2, 0.25) is 5.91 Å². The highest BCUT2D eigenvalue weighted by molar-refractivity contribution is 14.1. The summed E-state index contributed by atoms with van der Waals surface area (Å²) in [6.07, 6.45) is 3.72. The Morgan fingerprint density at radius 2 is 2.21 bits per heavy atom. The fraction of sp³-hybridized carbons (Fsp3) is 0.500. The molecule has 106 valence electrons. The highest BCUT2D eigenvalue weighted by atomic mass is 127. The van der Waals surface area contributed by atoms with Gasteiger partial charge in [0, 0.05) is 6.54 Å². The van der Waals surface area contributed by atoms with E-state index in [4.69, 9.17) is 5.73 Å². The molecule has 0 heterocycles. The van der Waals surface area contributed by atoms with E-state index >= 15 is 0 Å². The summed E-state index contributed by atoms with van der Waals surface area (Å²) < 4.78 is 0.769. The molecule has 5 heteroatoms. The molecule has 1 amide bonds. The fourth-order valence-corrected chi connectivity index (χ4v) is 2.32. The van der Waals surface area contributed by atoms with Gasteiger partial charge < -0.3 is 16.2 Å². The van der Waals surface area contributed by atoms with E-state index in [1.54, 1.807) is 12.1 Å². The van der Waals surface area contributed by atoms with Crippen LogP contribution in [0.25, 0.3) is 0 Å². The maximum atomic E-state index is 11.8. The molecule has 0 fully saturated rings. The van der Waals surface area contributed by atoms with Crippen molar-refractivity contribution in [3.05, 3.63) is 27.3 Å². The molecule has 19 heavy (non-hydrogen) atoms. The molecule has 1 atom stereocenters. The minimum absolute atomic E-state index is 0.112. The van der Waals surface area contributed by atoms with Crippen LogP contribution in [-0.2, 0) is 11.2 Å². The molecule has 4 nitrogen and oxygen atoms in total. The van der Waals surface area contributed by atoms with E-state index in [2.05, 4.69) is 34.8 Å². The smallest absolute Gasteiger partial charge is 0.237 e. The summed E-state index contributed by atoms with van der Waals surface area (Å²) in [5.41, 5.74) is 6.83. The van der Waals surface area contributed by atoms with Crippen molar-refractivity contribution < 1.29 is 9.90 Å².